The van der Waals surface area contributed by atoms with Crippen molar-refractivity contribution in [2.75, 3.05) is 5.43 Å². The molecule has 94 valence electrons. The van der Waals surface area contributed by atoms with Gasteiger partial charge in [-0.3, -0.25) is 5.43 Å². The first-order valence-corrected chi connectivity index (χ1v) is 5.86. The molecule has 3 nitrogen and oxygen atoms in total. The lowest BCUT2D eigenvalue weighted by Gasteiger charge is -2.01. The number of fused-ring (bicyclic) bond motifs is 1. The van der Waals surface area contributed by atoms with Gasteiger partial charge in [0.25, 0.3) is 6.01 Å². The molecule has 3 rings (SSSR count). The Balaban J connectivity index is 2.09. The average Bonchev–Trinajstić information content (AvgIpc) is 2.45. The molecule has 0 aliphatic heterocycles. The van der Waals surface area contributed by atoms with Crippen LogP contribution < -0.4 is 10.8 Å². The van der Waals surface area contributed by atoms with Crippen molar-refractivity contribution in [3.8, 4) is 0 Å². The Labute approximate surface area is 109 Å². The van der Waals surface area contributed by atoms with E-state index in [1.54, 1.807) is 12.1 Å². The number of rotatable bonds is 2. The summed E-state index contributed by atoms with van der Waals surface area (Å²) in [6, 6.07) is 17.3. The second-order valence-electron chi connectivity index (χ2n) is 4.02. The van der Waals surface area contributed by atoms with E-state index in [1.165, 1.54) is 6.07 Å². The number of halogens is 1. The molecular formula is C15H11FN2O. The van der Waals surface area contributed by atoms with E-state index in [2.05, 4.69) is 10.5 Å². The lowest BCUT2D eigenvalue weighted by molar-refractivity contribution is 0.369. The van der Waals surface area contributed by atoms with Gasteiger partial charge in [0.15, 0.2) is 0 Å². The number of para-hydroxylation sites is 2. The summed E-state index contributed by atoms with van der Waals surface area (Å²) in [5.74, 6) is 0. The maximum absolute atomic E-state index is 13.4. The number of nitrogens with one attached hydrogen (secondary N) is 1. The summed E-state index contributed by atoms with van der Waals surface area (Å²) >= 11 is 0. The summed E-state index contributed by atoms with van der Waals surface area (Å²) in [6.45, 7) is 0. The summed E-state index contributed by atoms with van der Waals surface area (Å²) < 4.78 is 18.4. The van der Waals surface area contributed by atoms with Gasteiger partial charge in [0.2, 0.25) is 0 Å². The lowest BCUT2D eigenvalue weighted by atomic mass is 10.2. The topological polar surface area (TPSA) is 37.5 Å². The number of hydrogen-bond donors (Lipinski definition) is 1. The Kier molecular flexibility index (Phi) is 2.98. The van der Waals surface area contributed by atoms with Crippen LogP contribution in [-0.2, 0) is 0 Å². The van der Waals surface area contributed by atoms with Gasteiger partial charge in [-0.05, 0) is 24.3 Å². The summed E-state index contributed by atoms with van der Waals surface area (Å²) in [7, 11) is 0. The highest BCUT2D eigenvalue weighted by molar-refractivity contribution is 5.75. The molecular weight excluding hydrogens is 243 g/mol. The molecule has 0 spiro atoms. The molecule has 0 radical (unpaired) electrons. The maximum atomic E-state index is 13.4. The van der Waals surface area contributed by atoms with Crippen molar-refractivity contribution < 1.29 is 8.81 Å². The standard InChI is InChI=1S/C15H11FN2O/c16-15-10-13(12-8-4-5-9-14(12)19-15)18-17-11-6-2-1-3-7-11/h1-10,17H. The van der Waals surface area contributed by atoms with Gasteiger partial charge in [0.05, 0.1) is 5.69 Å². The van der Waals surface area contributed by atoms with Crippen LogP contribution in [0, 0.1) is 6.01 Å². The zero-order valence-corrected chi connectivity index (χ0v) is 10.0. The van der Waals surface area contributed by atoms with Crippen molar-refractivity contribution in [1.82, 2.24) is 0 Å². The Morgan fingerprint density at radius 3 is 2.53 bits per heavy atom. The highest BCUT2D eigenvalue weighted by atomic mass is 19.1. The monoisotopic (exact) mass is 254 g/mol. The number of benzene rings is 2. The largest absolute Gasteiger partial charge is 0.431 e. The van der Waals surface area contributed by atoms with E-state index < -0.39 is 6.01 Å². The molecule has 0 saturated carbocycles. The van der Waals surface area contributed by atoms with E-state index >= 15 is 0 Å². The number of hydrogen-bond acceptors (Lipinski definition) is 3. The first-order chi connectivity index (χ1) is 9.33. The minimum Gasteiger partial charge on any atom is -0.431 e. The van der Waals surface area contributed by atoms with Crippen LogP contribution in [0.15, 0.2) is 70.2 Å². The third-order valence-corrected chi connectivity index (χ3v) is 2.70. The molecule has 1 aromatic heterocycles. The van der Waals surface area contributed by atoms with Crippen LogP contribution in [0.2, 0.25) is 0 Å². The molecule has 1 N–H and O–H groups in total. The molecule has 0 saturated heterocycles. The van der Waals surface area contributed by atoms with Crippen LogP contribution in [-0.4, -0.2) is 0 Å². The first kappa shape index (κ1) is 11.5. The van der Waals surface area contributed by atoms with Gasteiger partial charge in [-0.15, -0.1) is 0 Å². The third kappa shape index (κ3) is 2.47. The van der Waals surface area contributed by atoms with Gasteiger partial charge in [-0.1, -0.05) is 30.3 Å². The summed E-state index contributed by atoms with van der Waals surface area (Å²) in [4.78, 5) is 0. The molecule has 3 aromatic rings. The minimum atomic E-state index is -0.660. The summed E-state index contributed by atoms with van der Waals surface area (Å²) in [5.41, 5.74) is 4.21. The van der Waals surface area contributed by atoms with Gasteiger partial charge in [-0.25, -0.2) is 0 Å². The highest BCUT2D eigenvalue weighted by Crippen LogP contribution is 2.11. The Morgan fingerprint density at radius 1 is 0.947 bits per heavy atom. The van der Waals surface area contributed by atoms with E-state index in [0.29, 0.717) is 10.9 Å². The zero-order valence-electron chi connectivity index (χ0n) is 10.0. The van der Waals surface area contributed by atoms with Gasteiger partial charge in [0, 0.05) is 11.5 Å². The van der Waals surface area contributed by atoms with Crippen LogP contribution in [0.5, 0.6) is 0 Å². The highest BCUT2D eigenvalue weighted by Gasteiger charge is 2.01. The SMILES string of the molecule is Fc1cc(=NNc2ccccc2)c2ccccc2o1. The fourth-order valence-corrected chi connectivity index (χ4v) is 1.82. The van der Waals surface area contributed by atoms with Crippen molar-refractivity contribution in [2.45, 2.75) is 0 Å². The van der Waals surface area contributed by atoms with Crippen molar-refractivity contribution >= 4 is 16.7 Å². The second kappa shape index (κ2) is 4.94. The minimum absolute atomic E-state index is 0.469. The normalized spacial score (nSPS) is 11.7. The molecule has 0 bridgehead atoms. The van der Waals surface area contributed by atoms with Gasteiger partial charge < -0.3 is 4.42 Å². The molecule has 1 heterocycles. The van der Waals surface area contributed by atoms with Crippen molar-refractivity contribution in [2.24, 2.45) is 5.10 Å². The van der Waals surface area contributed by atoms with Crippen LogP contribution in [0.4, 0.5) is 10.1 Å². The zero-order chi connectivity index (χ0) is 13.1. The Morgan fingerprint density at radius 2 is 1.68 bits per heavy atom. The van der Waals surface area contributed by atoms with Crippen molar-refractivity contribution in [3.63, 3.8) is 0 Å². The second-order valence-corrected chi connectivity index (χ2v) is 4.02. The van der Waals surface area contributed by atoms with E-state index in [9.17, 15) is 4.39 Å². The van der Waals surface area contributed by atoms with E-state index in [4.69, 9.17) is 4.42 Å². The average molecular weight is 254 g/mol. The van der Waals surface area contributed by atoms with Crippen molar-refractivity contribution in [3.05, 3.63) is 72.0 Å². The third-order valence-electron chi connectivity index (χ3n) is 2.70. The molecule has 0 fully saturated rings. The number of nitrogens with zero attached hydrogens (tertiary/aromatic N) is 1. The first-order valence-electron chi connectivity index (χ1n) is 5.86. The van der Waals surface area contributed by atoms with E-state index in [0.717, 1.165) is 11.1 Å². The Hall–Kier alpha value is -2.62. The fraction of sp³-hybridized carbons (Fsp3) is 0. The quantitative estimate of drug-likeness (QED) is 0.711. The van der Waals surface area contributed by atoms with Gasteiger partial charge in [-0.2, -0.15) is 9.49 Å². The van der Waals surface area contributed by atoms with Gasteiger partial charge >= 0.3 is 0 Å². The lowest BCUT2D eigenvalue weighted by Crippen LogP contribution is -2.07. The van der Waals surface area contributed by atoms with E-state index in [-0.39, 0.29) is 0 Å². The smallest absolute Gasteiger partial charge is 0.280 e. The molecule has 0 unspecified atom stereocenters. The predicted molar refractivity (Wildman–Crippen MR) is 71.8 cm³/mol. The molecule has 19 heavy (non-hydrogen) atoms. The molecule has 0 aliphatic rings. The van der Waals surface area contributed by atoms with Crippen LogP contribution >= 0.6 is 0 Å². The van der Waals surface area contributed by atoms with Crippen LogP contribution in [0.25, 0.3) is 11.0 Å². The van der Waals surface area contributed by atoms with Gasteiger partial charge in [0.1, 0.15) is 10.9 Å². The molecule has 0 aliphatic carbocycles. The summed E-state index contributed by atoms with van der Waals surface area (Å²) in [5, 5.41) is 5.48. The fourth-order valence-electron chi connectivity index (χ4n) is 1.82. The molecule has 0 atom stereocenters. The number of anilines is 1. The van der Waals surface area contributed by atoms with Crippen LogP contribution in [0.3, 0.4) is 0 Å². The molecule has 2 aromatic carbocycles. The maximum Gasteiger partial charge on any atom is 0.280 e. The van der Waals surface area contributed by atoms with E-state index in [1.807, 2.05) is 42.5 Å². The van der Waals surface area contributed by atoms with Crippen LogP contribution in [0.1, 0.15) is 0 Å². The summed E-state index contributed by atoms with van der Waals surface area (Å²) in [6.07, 6.45) is 0. The molecule has 4 heteroatoms. The molecule has 0 amide bonds. The predicted octanol–water partition coefficient (Wildman–Crippen LogP) is 3.50. The Bertz CT molecular complexity index is 766. The van der Waals surface area contributed by atoms with Crippen molar-refractivity contribution in [1.29, 1.82) is 0 Å².